The summed E-state index contributed by atoms with van der Waals surface area (Å²) < 4.78 is 0. The van der Waals surface area contributed by atoms with Gasteiger partial charge in [-0.15, -0.1) is 0 Å². The zero-order valence-electron chi connectivity index (χ0n) is 27.5. The number of hydrogen-bond donors (Lipinski definition) is 0. The molecule has 0 aliphatic carbocycles. The first-order chi connectivity index (χ1) is 24.2. The molecule has 1 heterocycles. The number of allylic oxidation sites excluding steroid dienone is 5. The van der Waals surface area contributed by atoms with Crippen LogP contribution in [0, 0.1) is 0 Å². The van der Waals surface area contributed by atoms with Crippen molar-refractivity contribution in [3.05, 3.63) is 194 Å². The van der Waals surface area contributed by atoms with Crippen molar-refractivity contribution in [2.24, 2.45) is 0 Å². The van der Waals surface area contributed by atoms with E-state index >= 15 is 0 Å². The van der Waals surface area contributed by atoms with Crippen molar-refractivity contribution in [3.8, 4) is 44.5 Å². The summed E-state index contributed by atoms with van der Waals surface area (Å²) in [5.74, 6) is 0. The molecule has 0 fully saturated rings. The Bertz CT molecular complexity index is 2540. The van der Waals surface area contributed by atoms with Gasteiger partial charge in [0.25, 0.3) is 0 Å². The zero-order valence-corrected chi connectivity index (χ0v) is 27.5. The van der Waals surface area contributed by atoms with Crippen LogP contribution in [0.4, 0.5) is 0 Å². The van der Waals surface area contributed by atoms with Crippen molar-refractivity contribution in [3.63, 3.8) is 0 Å². The molecule has 0 aliphatic rings. The van der Waals surface area contributed by atoms with E-state index < -0.39 is 0 Å². The second-order valence-corrected chi connectivity index (χ2v) is 12.3. The van der Waals surface area contributed by atoms with Crippen LogP contribution < -0.4 is 0 Å². The SMILES string of the molecule is C=C/C=C(\C=C\C)c1cc(-c2ccccc2)cc(-c2ccc3c(-c4ccccc4)c4c(ccc5cccnc54)c(-c4ccccc4)c3c2)c1. The van der Waals surface area contributed by atoms with E-state index in [-0.39, 0.29) is 0 Å². The van der Waals surface area contributed by atoms with Crippen LogP contribution in [-0.4, -0.2) is 4.98 Å². The van der Waals surface area contributed by atoms with Gasteiger partial charge < -0.3 is 0 Å². The molecule has 232 valence electrons. The molecular weight excluding hydrogens is 591 g/mol. The van der Waals surface area contributed by atoms with Crippen LogP contribution in [0.5, 0.6) is 0 Å². The number of aromatic nitrogens is 1. The van der Waals surface area contributed by atoms with Gasteiger partial charge in [-0.3, -0.25) is 4.98 Å². The topological polar surface area (TPSA) is 12.9 Å². The lowest BCUT2D eigenvalue weighted by molar-refractivity contribution is 1.43. The Balaban J connectivity index is 1.49. The summed E-state index contributed by atoms with van der Waals surface area (Å²) in [7, 11) is 0. The lowest BCUT2D eigenvalue weighted by Gasteiger charge is -2.20. The molecule has 8 rings (SSSR count). The smallest absolute Gasteiger partial charge is 0.0786 e. The number of nitrogens with zero attached hydrogens (tertiary/aromatic N) is 1. The van der Waals surface area contributed by atoms with Gasteiger partial charge in [0.1, 0.15) is 0 Å². The fraction of sp³-hybridized carbons (Fsp3) is 0.0208. The molecule has 0 N–H and O–H groups in total. The summed E-state index contributed by atoms with van der Waals surface area (Å²) >= 11 is 0. The van der Waals surface area contributed by atoms with Crippen LogP contribution in [0.3, 0.4) is 0 Å². The summed E-state index contributed by atoms with van der Waals surface area (Å²) in [5.41, 5.74) is 12.8. The minimum absolute atomic E-state index is 1.02. The maximum Gasteiger partial charge on any atom is 0.0786 e. The van der Waals surface area contributed by atoms with Gasteiger partial charge in [-0.1, -0.05) is 152 Å². The predicted molar refractivity (Wildman–Crippen MR) is 211 cm³/mol. The first kappa shape index (κ1) is 30.1. The Morgan fingerprint density at radius 1 is 0.531 bits per heavy atom. The van der Waals surface area contributed by atoms with Crippen molar-refractivity contribution in [1.29, 1.82) is 0 Å². The molecule has 0 atom stereocenters. The fourth-order valence-corrected chi connectivity index (χ4v) is 7.17. The maximum absolute atomic E-state index is 4.98. The van der Waals surface area contributed by atoms with Gasteiger partial charge in [0.2, 0.25) is 0 Å². The van der Waals surface area contributed by atoms with Crippen molar-refractivity contribution >= 4 is 38.0 Å². The average Bonchev–Trinajstić information content (AvgIpc) is 3.17. The summed E-state index contributed by atoms with van der Waals surface area (Å²) in [6, 6.07) is 54.8. The lowest BCUT2D eigenvalue weighted by Crippen LogP contribution is -1.94. The lowest BCUT2D eigenvalue weighted by atomic mass is 9.83. The molecule has 0 unspecified atom stereocenters. The predicted octanol–water partition coefficient (Wildman–Crippen LogP) is 13.4. The Morgan fingerprint density at radius 3 is 1.84 bits per heavy atom. The van der Waals surface area contributed by atoms with Crippen molar-refractivity contribution in [2.75, 3.05) is 0 Å². The van der Waals surface area contributed by atoms with Crippen molar-refractivity contribution in [1.82, 2.24) is 4.98 Å². The van der Waals surface area contributed by atoms with E-state index in [2.05, 4.69) is 177 Å². The van der Waals surface area contributed by atoms with Gasteiger partial charge in [-0.05, 0) is 109 Å². The quantitative estimate of drug-likeness (QED) is 0.0975. The summed E-state index contributed by atoms with van der Waals surface area (Å²) in [4.78, 5) is 4.98. The van der Waals surface area contributed by atoms with E-state index in [9.17, 15) is 0 Å². The van der Waals surface area contributed by atoms with Crippen LogP contribution in [0.25, 0.3) is 82.5 Å². The minimum atomic E-state index is 1.02. The molecule has 1 nitrogen and oxygen atoms in total. The third-order valence-electron chi connectivity index (χ3n) is 9.33. The summed E-state index contributed by atoms with van der Waals surface area (Å²) in [6.07, 6.45) is 10.1. The average molecular weight is 626 g/mol. The largest absolute Gasteiger partial charge is 0.256 e. The molecule has 7 aromatic carbocycles. The molecule has 1 aromatic heterocycles. The van der Waals surface area contributed by atoms with Gasteiger partial charge >= 0.3 is 0 Å². The Kier molecular flexibility index (Phi) is 8.01. The fourth-order valence-electron chi connectivity index (χ4n) is 7.17. The van der Waals surface area contributed by atoms with Crippen LogP contribution in [0.2, 0.25) is 0 Å². The van der Waals surface area contributed by atoms with Gasteiger partial charge in [0.05, 0.1) is 5.52 Å². The van der Waals surface area contributed by atoms with E-state index in [1.54, 1.807) is 0 Å². The standard InChI is InChI=1S/C48H35N/c1-3-15-33(16-4-2)39-29-40(34-17-8-5-9-18-34)31-41(30-39)38-25-26-42-44(32-38)45(35-19-10-6-11-20-35)43-27-24-37-23-14-28-49-48(37)47(43)46(42)36-21-12-7-13-22-36/h3-32H,1H2,2H3/b16-4+,33-15+. The van der Waals surface area contributed by atoms with Crippen molar-refractivity contribution < 1.29 is 0 Å². The molecule has 0 saturated carbocycles. The number of benzene rings is 7. The molecule has 1 heteroatoms. The first-order valence-electron chi connectivity index (χ1n) is 16.8. The minimum Gasteiger partial charge on any atom is -0.256 e. The highest BCUT2D eigenvalue weighted by molar-refractivity contribution is 6.27. The molecule has 0 amide bonds. The molecule has 0 radical (unpaired) electrons. The number of fused-ring (bicyclic) bond motifs is 4. The summed E-state index contributed by atoms with van der Waals surface area (Å²) in [6.45, 7) is 6.06. The Labute approximate surface area is 287 Å². The molecule has 49 heavy (non-hydrogen) atoms. The Morgan fingerprint density at radius 2 is 1.16 bits per heavy atom. The van der Waals surface area contributed by atoms with Gasteiger partial charge in [0, 0.05) is 17.0 Å². The van der Waals surface area contributed by atoms with E-state index in [0.29, 0.717) is 0 Å². The van der Waals surface area contributed by atoms with Gasteiger partial charge in [-0.25, -0.2) is 0 Å². The van der Waals surface area contributed by atoms with Gasteiger partial charge in [-0.2, -0.15) is 0 Å². The van der Waals surface area contributed by atoms with E-state index in [0.717, 1.165) is 22.0 Å². The molecule has 8 aromatic rings. The van der Waals surface area contributed by atoms with Gasteiger partial charge in [0.15, 0.2) is 0 Å². The number of pyridine rings is 1. The Hall–Kier alpha value is -6.31. The second-order valence-electron chi connectivity index (χ2n) is 12.3. The normalized spacial score (nSPS) is 11.9. The van der Waals surface area contributed by atoms with Crippen molar-refractivity contribution in [2.45, 2.75) is 6.92 Å². The van der Waals surface area contributed by atoms with Crippen LogP contribution in [0.1, 0.15) is 12.5 Å². The van der Waals surface area contributed by atoms with Crippen LogP contribution in [-0.2, 0) is 0 Å². The third-order valence-corrected chi connectivity index (χ3v) is 9.33. The zero-order chi connectivity index (χ0) is 33.2. The van der Waals surface area contributed by atoms with E-state index in [1.165, 1.54) is 66.1 Å². The molecular formula is C48H35N. The number of hydrogen-bond acceptors (Lipinski definition) is 1. The maximum atomic E-state index is 4.98. The highest BCUT2D eigenvalue weighted by Crippen LogP contribution is 2.47. The van der Waals surface area contributed by atoms with Crippen LogP contribution in [0.15, 0.2) is 189 Å². The first-order valence-corrected chi connectivity index (χ1v) is 16.8. The summed E-state index contributed by atoms with van der Waals surface area (Å²) in [5, 5.41) is 5.94. The number of rotatable bonds is 7. The molecule has 0 aliphatic heterocycles. The molecule has 0 bridgehead atoms. The highest BCUT2D eigenvalue weighted by Gasteiger charge is 2.20. The van der Waals surface area contributed by atoms with E-state index in [4.69, 9.17) is 4.98 Å². The van der Waals surface area contributed by atoms with E-state index in [1.807, 2.05) is 18.3 Å². The molecule has 0 spiro atoms. The monoisotopic (exact) mass is 625 g/mol. The molecule has 0 saturated heterocycles. The second kappa shape index (κ2) is 13.1. The highest BCUT2D eigenvalue weighted by atomic mass is 14.6. The van der Waals surface area contributed by atoms with Crippen LogP contribution >= 0.6 is 0 Å². The third kappa shape index (κ3) is 5.56.